The van der Waals surface area contributed by atoms with Gasteiger partial charge in [-0.25, -0.2) is 9.67 Å². The van der Waals surface area contributed by atoms with Crippen molar-refractivity contribution in [2.75, 3.05) is 0 Å². The van der Waals surface area contributed by atoms with Crippen LogP contribution >= 0.6 is 15.9 Å². The molecule has 100 valence electrons. The smallest absolute Gasteiger partial charge is 0.171 e. The van der Waals surface area contributed by atoms with Crippen LogP contribution in [0.25, 0.3) is 0 Å². The second kappa shape index (κ2) is 5.65. The van der Waals surface area contributed by atoms with Gasteiger partial charge in [0.25, 0.3) is 0 Å². The minimum atomic E-state index is 0.0467. The fraction of sp³-hybridized carbons (Fsp3) is 0.357. The van der Waals surface area contributed by atoms with Gasteiger partial charge in [-0.05, 0) is 32.9 Å². The highest BCUT2D eigenvalue weighted by atomic mass is 79.9. The lowest BCUT2D eigenvalue weighted by atomic mass is 10.1. The third kappa shape index (κ3) is 3.10. The van der Waals surface area contributed by atoms with E-state index >= 15 is 0 Å². The topological polar surface area (TPSA) is 47.8 Å². The van der Waals surface area contributed by atoms with Crippen LogP contribution in [0.2, 0.25) is 0 Å². The predicted octanol–water partition coefficient (Wildman–Crippen LogP) is 3.36. The van der Waals surface area contributed by atoms with Crippen LogP contribution in [0, 0.1) is 6.92 Å². The molecule has 0 saturated carbocycles. The number of Topliss-reactive ketones (excluding diaryl/α,β-unsaturated/α-hetero) is 1. The van der Waals surface area contributed by atoms with E-state index in [9.17, 15) is 4.79 Å². The Labute approximate surface area is 121 Å². The molecule has 0 bridgehead atoms. The molecule has 0 saturated heterocycles. The lowest BCUT2D eigenvalue weighted by Crippen LogP contribution is -2.13. The van der Waals surface area contributed by atoms with Crippen LogP contribution in [0.3, 0.4) is 0 Å². The van der Waals surface area contributed by atoms with E-state index in [2.05, 4.69) is 26.0 Å². The minimum absolute atomic E-state index is 0.0467. The highest BCUT2D eigenvalue weighted by Gasteiger charge is 2.16. The Hall–Kier alpha value is -1.49. The summed E-state index contributed by atoms with van der Waals surface area (Å²) in [5.41, 5.74) is 1.76. The molecule has 0 aliphatic carbocycles. The number of aromatic nitrogens is 3. The summed E-state index contributed by atoms with van der Waals surface area (Å²) in [4.78, 5) is 16.5. The van der Waals surface area contributed by atoms with Gasteiger partial charge in [0.1, 0.15) is 12.2 Å². The number of hydrogen-bond donors (Lipinski definition) is 0. The van der Waals surface area contributed by atoms with E-state index in [0.29, 0.717) is 11.4 Å². The maximum Gasteiger partial charge on any atom is 0.171 e. The number of benzene rings is 1. The Morgan fingerprint density at radius 2 is 2.16 bits per heavy atom. The van der Waals surface area contributed by atoms with Crippen molar-refractivity contribution in [1.29, 1.82) is 0 Å². The molecule has 2 aromatic rings. The van der Waals surface area contributed by atoms with Crippen LogP contribution in [-0.2, 0) is 6.42 Å². The number of ketones is 1. The Morgan fingerprint density at radius 3 is 2.84 bits per heavy atom. The Bertz CT molecular complexity index is 604. The summed E-state index contributed by atoms with van der Waals surface area (Å²) in [5.74, 6) is 0.749. The summed E-state index contributed by atoms with van der Waals surface area (Å²) in [7, 11) is 0. The molecule has 5 heteroatoms. The van der Waals surface area contributed by atoms with E-state index < -0.39 is 0 Å². The summed E-state index contributed by atoms with van der Waals surface area (Å²) in [6.45, 7) is 6.01. The zero-order valence-corrected chi connectivity index (χ0v) is 12.8. The van der Waals surface area contributed by atoms with Gasteiger partial charge in [-0.1, -0.05) is 27.6 Å². The first-order valence-electron chi connectivity index (χ1n) is 6.16. The van der Waals surface area contributed by atoms with Crippen LogP contribution in [0.1, 0.15) is 41.6 Å². The number of nitrogens with zero attached hydrogens (tertiary/aromatic N) is 3. The average molecular weight is 322 g/mol. The molecule has 1 aromatic carbocycles. The van der Waals surface area contributed by atoms with Crippen molar-refractivity contribution in [1.82, 2.24) is 14.8 Å². The van der Waals surface area contributed by atoms with E-state index in [1.807, 2.05) is 39.0 Å². The molecule has 0 aliphatic rings. The van der Waals surface area contributed by atoms with Crippen LogP contribution in [0.5, 0.6) is 0 Å². The van der Waals surface area contributed by atoms with Crippen LogP contribution in [0.15, 0.2) is 29.0 Å². The molecule has 0 amide bonds. The molecule has 2 rings (SSSR count). The van der Waals surface area contributed by atoms with E-state index in [-0.39, 0.29) is 18.2 Å². The lowest BCUT2D eigenvalue weighted by Gasteiger charge is -2.09. The van der Waals surface area contributed by atoms with Crippen molar-refractivity contribution in [3.8, 4) is 0 Å². The highest BCUT2D eigenvalue weighted by Crippen LogP contribution is 2.20. The molecule has 0 radical (unpaired) electrons. The van der Waals surface area contributed by atoms with Crippen molar-refractivity contribution in [3.05, 3.63) is 46.0 Å². The highest BCUT2D eigenvalue weighted by molar-refractivity contribution is 9.10. The minimum Gasteiger partial charge on any atom is -0.294 e. The standard InChI is InChI=1S/C14H16BrN3O/c1-9(2)18-14(16-8-17-18)7-13(19)11-6-10(3)4-5-12(11)15/h4-6,8-9H,7H2,1-3H3. The molecule has 0 spiro atoms. The molecule has 0 fully saturated rings. The Balaban J connectivity index is 2.26. The average Bonchev–Trinajstić information content (AvgIpc) is 2.80. The van der Waals surface area contributed by atoms with Crippen LogP contribution in [-0.4, -0.2) is 20.5 Å². The third-order valence-electron chi connectivity index (χ3n) is 2.88. The fourth-order valence-electron chi connectivity index (χ4n) is 1.92. The number of rotatable bonds is 4. The van der Waals surface area contributed by atoms with Gasteiger partial charge >= 0.3 is 0 Å². The monoisotopic (exact) mass is 321 g/mol. The summed E-state index contributed by atoms with van der Waals surface area (Å²) < 4.78 is 2.60. The van der Waals surface area contributed by atoms with Gasteiger partial charge in [0, 0.05) is 16.1 Å². The van der Waals surface area contributed by atoms with Crippen LogP contribution in [0.4, 0.5) is 0 Å². The molecule has 0 N–H and O–H groups in total. The predicted molar refractivity (Wildman–Crippen MR) is 77.3 cm³/mol. The molecule has 0 atom stereocenters. The van der Waals surface area contributed by atoms with E-state index in [0.717, 1.165) is 10.0 Å². The second-order valence-electron chi connectivity index (χ2n) is 4.80. The van der Waals surface area contributed by atoms with E-state index in [4.69, 9.17) is 0 Å². The van der Waals surface area contributed by atoms with Gasteiger partial charge in [-0.15, -0.1) is 0 Å². The number of carbonyl (C=O) groups is 1. The first-order valence-corrected chi connectivity index (χ1v) is 6.96. The van der Waals surface area contributed by atoms with Gasteiger partial charge < -0.3 is 0 Å². The maximum absolute atomic E-state index is 12.3. The summed E-state index contributed by atoms with van der Waals surface area (Å²) in [5, 5.41) is 4.14. The number of hydrogen-bond acceptors (Lipinski definition) is 3. The molecule has 1 heterocycles. The van der Waals surface area contributed by atoms with Crippen molar-refractivity contribution >= 4 is 21.7 Å². The third-order valence-corrected chi connectivity index (χ3v) is 3.57. The van der Waals surface area contributed by atoms with Crippen molar-refractivity contribution in [2.45, 2.75) is 33.2 Å². The Kier molecular flexibility index (Phi) is 4.14. The largest absolute Gasteiger partial charge is 0.294 e. The number of halogens is 1. The number of aryl methyl sites for hydroxylation is 1. The molecule has 4 nitrogen and oxygen atoms in total. The van der Waals surface area contributed by atoms with E-state index in [1.165, 1.54) is 6.33 Å². The molecule has 19 heavy (non-hydrogen) atoms. The van der Waals surface area contributed by atoms with Gasteiger partial charge in [0.15, 0.2) is 5.78 Å². The van der Waals surface area contributed by atoms with Crippen molar-refractivity contribution in [3.63, 3.8) is 0 Å². The first kappa shape index (κ1) is 13.9. The van der Waals surface area contributed by atoms with Crippen molar-refractivity contribution < 1.29 is 4.79 Å². The van der Waals surface area contributed by atoms with Gasteiger partial charge in [-0.3, -0.25) is 4.79 Å². The normalized spacial score (nSPS) is 11.0. The number of carbonyl (C=O) groups excluding carboxylic acids is 1. The summed E-state index contributed by atoms with van der Waals surface area (Å²) >= 11 is 3.42. The molecular weight excluding hydrogens is 306 g/mol. The van der Waals surface area contributed by atoms with Crippen LogP contribution < -0.4 is 0 Å². The first-order chi connectivity index (χ1) is 8.99. The molecule has 1 aromatic heterocycles. The maximum atomic E-state index is 12.3. The Morgan fingerprint density at radius 1 is 1.42 bits per heavy atom. The lowest BCUT2D eigenvalue weighted by molar-refractivity contribution is 0.0988. The van der Waals surface area contributed by atoms with Gasteiger partial charge in [0.2, 0.25) is 0 Å². The molecule has 0 aliphatic heterocycles. The fourth-order valence-corrected chi connectivity index (χ4v) is 2.39. The summed E-state index contributed by atoms with van der Waals surface area (Å²) in [6, 6.07) is 5.96. The molecule has 0 unspecified atom stereocenters. The SMILES string of the molecule is Cc1ccc(Br)c(C(=O)Cc2ncnn2C(C)C)c1. The second-order valence-corrected chi connectivity index (χ2v) is 5.65. The van der Waals surface area contributed by atoms with Crippen molar-refractivity contribution in [2.24, 2.45) is 0 Å². The van der Waals surface area contributed by atoms with Gasteiger partial charge in [-0.2, -0.15) is 5.10 Å². The zero-order valence-electron chi connectivity index (χ0n) is 11.2. The quantitative estimate of drug-likeness (QED) is 0.811. The summed E-state index contributed by atoms with van der Waals surface area (Å²) in [6.07, 6.45) is 1.76. The molecular formula is C14H16BrN3O. The zero-order chi connectivity index (χ0) is 14.0. The van der Waals surface area contributed by atoms with E-state index in [1.54, 1.807) is 4.68 Å². The van der Waals surface area contributed by atoms with Gasteiger partial charge in [0.05, 0.1) is 6.42 Å².